The first-order chi connectivity index (χ1) is 20.3. The number of benzene rings is 3. The van der Waals surface area contributed by atoms with Crippen LogP contribution in [0.5, 0.6) is 5.75 Å². The van der Waals surface area contributed by atoms with E-state index in [4.69, 9.17) is 4.74 Å². The van der Waals surface area contributed by atoms with Crippen LogP contribution < -0.4 is 15.4 Å². The molecule has 2 aliphatic carbocycles. The van der Waals surface area contributed by atoms with Crippen molar-refractivity contribution < 1.29 is 40.3 Å². The van der Waals surface area contributed by atoms with Gasteiger partial charge in [-0.2, -0.15) is 13.2 Å². The first-order valence-electron chi connectivity index (χ1n) is 13.8. The summed E-state index contributed by atoms with van der Waals surface area (Å²) in [5.74, 6) is -2.45. The number of rotatable bonds is 8. The fourth-order valence-corrected chi connectivity index (χ4v) is 7.06. The van der Waals surface area contributed by atoms with Crippen LogP contribution in [0.15, 0.2) is 65.6 Å². The Morgan fingerprint density at radius 2 is 1.70 bits per heavy atom. The topological polar surface area (TPSA) is 102 Å². The lowest BCUT2D eigenvalue weighted by Gasteiger charge is -2.31. The minimum Gasteiger partial charge on any atom is -0.496 e. The van der Waals surface area contributed by atoms with Crippen molar-refractivity contribution in [2.45, 2.75) is 49.1 Å². The molecule has 0 spiro atoms. The van der Waals surface area contributed by atoms with Gasteiger partial charge in [0.2, 0.25) is 5.91 Å². The van der Waals surface area contributed by atoms with E-state index in [1.807, 2.05) is 19.1 Å². The number of halogens is 4. The van der Waals surface area contributed by atoms with Crippen LogP contribution in [0, 0.1) is 23.6 Å². The van der Waals surface area contributed by atoms with E-state index < -0.39 is 49.8 Å². The van der Waals surface area contributed by atoms with E-state index in [1.54, 1.807) is 12.1 Å². The molecule has 5 rings (SSSR count). The van der Waals surface area contributed by atoms with Crippen LogP contribution in [0.3, 0.4) is 0 Å². The minimum absolute atomic E-state index is 0.0193. The van der Waals surface area contributed by atoms with Crippen LogP contribution in [0.25, 0.3) is 11.1 Å². The summed E-state index contributed by atoms with van der Waals surface area (Å²) in [5.41, 5.74) is -3.64. The van der Waals surface area contributed by atoms with Crippen LogP contribution in [0.1, 0.15) is 42.1 Å². The second-order valence-electron chi connectivity index (χ2n) is 10.9. The Hall–Kier alpha value is -3.93. The largest absolute Gasteiger partial charge is 0.501 e. The summed E-state index contributed by atoms with van der Waals surface area (Å²) in [7, 11) is -4.28. The number of fused-ring (bicyclic) bond motifs is 2. The first kappa shape index (κ1) is 30.5. The van der Waals surface area contributed by atoms with Crippen molar-refractivity contribution in [3.63, 3.8) is 0 Å². The summed E-state index contributed by atoms with van der Waals surface area (Å²) in [5, 5.41) is 5.49. The summed E-state index contributed by atoms with van der Waals surface area (Å²) in [6, 6.07) is 13.2. The number of alkyl halides is 3. The Bertz CT molecular complexity index is 1660. The zero-order valence-corrected chi connectivity index (χ0v) is 24.2. The third-order valence-corrected chi connectivity index (χ3v) is 9.92. The molecule has 2 N–H and O–H groups in total. The Morgan fingerprint density at radius 1 is 1.00 bits per heavy atom. The molecule has 0 aliphatic heterocycles. The smallest absolute Gasteiger partial charge is 0.496 e. The molecule has 2 aliphatic rings. The molecule has 0 saturated heterocycles. The van der Waals surface area contributed by atoms with Crippen LogP contribution in [-0.4, -0.2) is 38.9 Å². The lowest BCUT2D eigenvalue weighted by molar-refractivity contribution is -0.122. The van der Waals surface area contributed by atoms with Gasteiger partial charge in [-0.05, 0) is 72.9 Å². The predicted molar refractivity (Wildman–Crippen MR) is 152 cm³/mol. The maximum absolute atomic E-state index is 15.1. The lowest BCUT2D eigenvalue weighted by atomic mass is 9.83. The number of anilines is 1. The molecule has 3 aromatic rings. The summed E-state index contributed by atoms with van der Waals surface area (Å²) >= 11 is 0. The SMILES string of the molecule is CCc1ccc(-c2cc(C(=O)N[C@@H]3[C@H]4CC[C@H](C4)[C@@H]3C(=O)Nc3cccc(S(=O)(=O)C(F)(F)F)c3)c(OC)cc2F)cc1. The maximum atomic E-state index is 15.1. The van der Waals surface area contributed by atoms with E-state index in [-0.39, 0.29) is 34.4 Å². The molecule has 0 unspecified atom stereocenters. The second-order valence-corrected chi connectivity index (χ2v) is 12.8. The molecular formula is C31H30F4N2O5S. The number of sulfone groups is 1. The van der Waals surface area contributed by atoms with Gasteiger partial charge in [0.05, 0.1) is 23.5 Å². The molecule has 7 nitrogen and oxygen atoms in total. The van der Waals surface area contributed by atoms with E-state index in [0.717, 1.165) is 49.1 Å². The predicted octanol–water partition coefficient (Wildman–Crippen LogP) is 6.14. The van der Waals surface area contributed by atoms with Gasteiger partial charge in [0.25, 0.3) is 15.7 Å². The lowest BCUT2D eigenvalue weighted by Crippen LogP contribution is -2.48. The van der Waals surface area contributed by atoms with Crippen LogP contribution in [0.2, 0.25) is 0 Å². The van der Waals surface area contributed by atoms with Crippen molar-refractivity contribution in [3.05, 3.63) is 77.6 Å². The number of hydrogen-bond donors (Lipinski definition) is 2. The van der Waals surface area contributed by atoms with E-state index >= 15 is 4.39 Å². The van der Waals surface area contributed by atoms with Crippen LogP contribution >= 0.6 is 0 Å². The number of carbonyl (C=O) groups excluding carboxylic acids is 2. The molecular weight excluding hydrogens is 588 g/mol. The molecule has 228 valence electrons. The van der Waals surface area contributed by atoms with Crippen LogP contribution in [-0.2, 0) is 21.1 Å². The molecule has 2 fully saturated rings. The average Bonchev–Trinajstić information content (AvgIpc) is 3.58. The number of methoxy groups -OCH3 is 1. The average molecular weight is 619 g/mol. The third-order valence-electron chi connectivity index (χ3n) is 8.44. The van der Waals surface area contributed by atoms with Gasteiger partial charge in [0.1, 0.15) is 11.6 Å². The van der Waals surface area contributed by atoms with Crippen molar-refractivity contribution >= 4 is 27.3 Å². The highest BCUT2D eigenvalue weighted by Gasteiger charge is 2.52. The highest BCUT2D eigenvalue weighted by atomic mass is 32.2. The van der Waals surface area contributed by atoms with Gasteiger partial charge >= 0.3 is 5.51 Å². The molecule has 2 amide bonds. The van der Waals surface area contributed by atoms with Crippen molar-refractivity contribution in [1.29, 1.82) is 0 Å². The molecule has 12 heteroatoms. The van der Waals surface area contributed by atoms with Crippen molar-refractivity contribution in [2.24, 2.45) is 17.8 Å². The third kappa shape index (κ3) is 5.84. The van der Waals surface area contributed by atoms with Gasteiger partial charge in [-0.1, -0.05) is 37.3 Å². The summed E-state index contributed by atoms with van der Waals surface area (Å²) in [6.45, 7) is 2.00. The molecule has 2 bridgehead atoms. The second kappa shape index (κ2) is 11.6. The number of hydrogen-bond acceptors (Lipinski definition) is 5. The number of ether oxygens (including phenoxy) is 1. The number of nitrogens with one attached hydrogen (secondary N) is 2. The minimum atomic E-state index is -5.60. The molecule has 0 radical (unpaired) electrons. The Morgan fingerprint density at radius 3 is 2.35 bits per heavy atom. The van der Waals surface area contributed by atoms with E-state index in [1.165, 1.54) is 19.2 Å². The molecule has 43 heavy (non-hydrogen) atoms. The van der Waals surface area contributed by atoms with Crippen molar-refractivity contribution in [3.8, 4) is 16.9 Å². The van der Waals surface area contributed by atoms with Gasteiger partial charge in [-0.3, -0.25) is 9.59 Å². The fourth-order valence-electron chi connectivity index (χ4n) is 6.25. The van der Waals surface area contributed by atoms with E-state index in [9.17, 15) is 31.2 Å². The van der Waals surface area contributed by atoms with Gasteiger partial charge in [-0.15, -0.1) is 0 Å². The first-order valence-corrected chi connectivity index (χ1v) is 15.3. The van der Waals surface area contributed by atoms with E-state index in [2.05, 4.69) is 10.6 Å². The number of aryl methyl sites for hydroxylation is 1. The van der Waals surface area contributed by atoms with Crippen molar-refractivity contribution in [2.75, 3.05) is 12.4 Å². The van der Waals surface area contributed by atoms with Gasteiger partial charge < -0.3 is 15.4 Å². The molecule has 2 saturated carbocycles. The zero-order chi connectivity index (χ0) is 31.1. The fraction of sp³-hybridized carbons (Fsp3) is 0.355. The maximum Gasteiger partial charge on any atom is 0.501 e. The molecule has 0 heterocycles. The van der Waals surface area contributed by atoms with Gasteiger partial charge in [0.15, 0.2) is 0 Å². The van der Waals surface area contributed by atoms with E-state index in [0.29, 0.717) is 12.0 Å². The monoisotopic (exact) mass is 618 g/mol. The molecule has 3 aromatic carbocycles. The van der Waals surface area contributed by atoms with Gasteiger partial charge in [-0.25, -0.2) is 12.8 Å². The quantitative estimate of drug-likeness (QED) is 0.296. The number of carbonyl (C=O) groups is 2. The van der Waals surface area contributed by atoms with Crippen molar-refractivity contribution in [1.82, 2.24) is 5.32 Å². The molecule has 0 aromatic heterocycles. The molecule has 4 atom stereocenters. The standard InChI is InChI=1S/C31H30F4N2O5S/c1-3-17-7-9-18(10-8-17)23-15-24(26(42-2)16-25(23)32)29(38)37-28-20-12-11-19(13-20)27(28)30(39)36-21-5-4-6-22(14-21)43(40,41)31(33,34)35/h4-10,14-16,19-20,27-28H,3,11-13H2,1-2H3,(H,36,39)(H,37,38)/t19-,20+,27+,28-/m1/s1. The highest BCUT2D eigenvalue weighted by Crippen LogP contribution is 2.49. The zero-order valence-electron chi connectivity index (χ0n) is 23.4. The summed E-state index contributed by atoms with van der Waals surface area (Å²) < 4.78 is 83.2. The summed E-state index contributed by atoms with van der Waals surface area (Å²) in [6.07, 6.45) is 2.99. The van der Waals surface area contributed by atoms with Gasteiger partial charge in [0, 0.05) is 23.4 Å². The Labute approximate surface area is 246 Å². The number of amides is 2. The Balaban J connectivity index is 1.39. The van der Waals surface area contributed by atoms with Crippen LogP contribution in [0.4, 0.5) is 23.2 Å². The highest BCUT2D eigenvalue weighted by molar-refractivity contribution is 7.92. The normalized spacial score (nSPS) is 21.4. The Kier molecular flexibility index (Phi) is 8.26. The summed E-state index contributed by atoms with van der Waals surface area (Å²) in [4.78, 5) is 26.1.